The fourth-order valence-corrected chi connectivity index (χ4v) is 4.31. The highest BCUT2D eigenvalue weighted by atomic mass is 35.5. The van der Waals surface area contributed by atoms with Crippen molar-refractivity contribution in [1.29, 1.82) is 0 Å². The predicted octanol–water partition coefficient (Wildman–Crippen LogP) is 7.05. The van der Waals surface area contributed by atoms with Crippen LogP contribution in [0.15, 0.2) is 64.4 Å². The number of halogens is 2. The van der Waals surface area contributed by atoms with Crippen molar-refractivity contribution in [2.45, 2.75) is 0 Å². The van der Waals surface area contributed by atoms with E-state index in [4.69, 9.17) is 37.1 Å². The standard InChI is InChI=1S/C24H18Cl2N2O4S/c1-30-21-6-3-14(11-22(21)31-2)19-13-33-24(27-19)28-23(29)8-5-18-4-7-20(32-18)15-9-16(25)12-17(26)10-15/h3-13H,1-2H3,(H,27,28,29)/b8-5+. The number of carbonyl (C=O) groups is 1. The summed E-state index contributed by atoms with van der Waals surface area (Å²) in [7, 11) is 3.16. The summed E-state index contributed by atoms with van der Waals surface area (Å²) in [6.45, 7) is 0. The van der Waals surface area contributed by atoms with E-state index in [-0.39, 0.29) is 5.91 Å². The summed E-state index contributed by atoms with van der Waals surface area (Å²) in [6, 6.07) is 14.2. The maximum absolute atomic E-state index is 12.3. The van der Waals surface area contributed by atoms with Gasteiger partial charge < -0.3 is 13.9 Å². The number of furan rings is 1. The number of nitrogens with one attached hydrogen (secondary N) is 1. The molecule has 0 bridgehead atoms. The SMILES string of the molecule is COc1ccc(-c2csc(NC(=O)/C=C/c3ccc(-c4cc(Cl)cc(Cl)c4)o3)n2)cc1OC. The van der Waals surface area contributed by atoms with Crippen LogP contribution in [0.2, 0.25) is 10.0 Å². The van der Waals surface area contributed by atoms with E-state index in [1.165, 1.54) is 17.4 Å². The van der Waals surface area contributed by atoms with Crippen molar-refractivity contribution < 1.29 is 18.7 Å². The third-order valence-corrected chi connectivity index (χ3v) is 5.78. The van der Waals surface area contributed by atoms with Gasteiger partial charge in [0.15, 0.2) is 16.6 Å². The lowest BCUT2D eigenvalue weighted by atomic mass is 10.1. The van der Waals surface area contributed by atoms with E-state index < -0.39 is 0 Å². The van der Waals surface area contributed by atoms with Gasteiger partial charge in [-0.15, -0.1) is 11.3 Å². The Bertz CT molecular complexity index is 1310. The number of amides is 1. The summed E-state index contributed by atoms with van der Waals surface area (Å²) in [5.74, 6) is 2.02. The molecular formula is C24H18Cl2N2O4S. The molecule has 2 heterocycles. The molecule has 33 heavy (non-hydrogen) atoms. The Morgan fingerprint density at radius 3 is 2.48 bits per heavy atom. The zero-order valence-corrected chi connectivity index (χ0v) is 19.9. The average molecular weight is 501 g/mol. The van der Waals surface area contributed by atoms with Crippen molar-refractivity contribution in [2.24, 2.45) is 0 Å². The quantitative estimate of drug-likeness (QED) is 0.275. The van der Waals surface area contributed by atoms with Crippen LogP contribution in [-0.2, 0) is 4.79 Å². The molecule has 0 fully saturated rings. The van der Waals surface area contributed by atoms with Crippen LogP contribution in [0.3, 0.4) is 0 Å². The van der Waals surface area contributed by atoms with Crippen molar-refractivity contribution in [1.82, 2.24) is 4.98 Å². The number of anilines is 1. The van der Waals surface area contributed by atoms with Gasteiger partial charge in [0, 0.05) is 32.6 Å². The molecule has 1 N–H and O–H groups in total. The maximum atomic E-state index is 12.3. The van der Waals surface area contributed by atoms with Gasteiger partial charge in [-0.3, -0.25) is 10.1 Å². The number of hydrogen-bond acceptors (Lipinski definition) is 6. The van der Waals surface area contributed by atoms with Crippen molar-refractivity contribution in [3.05, 3.63) is 75.8 Å². The molecule has 4 aromatic rings. The number of rotatable bonds is 7. The molecule has 0 aliphatic heterocycles. The van der Waals surface area contributed by atoms with E-state index in [0.29, 0.717) is 38.2 Å². The summed E-state index contributed by atoms with van der Waals surface area (Å²) < 4.78 is 16.4. The summed E-state index contributed by atoms with van der Waals surface area (Å²) >= 11 is 13.4. The molecule has 2 aromatic carbocycles. The van der Waals surface area contributed by atoms with E-state index in [2.05, 4.69) is 10.3 Å². The Morgan fingerprint density at radius 2 is 1.76 bits per heavy atom. The van der Waals surface area contributed by atoms with E-state index in [1.54, 1.807) is 50.6 Å². The lowest BCUT2D eigenvalue weighted by Gasteiger charge is -2.08. The number of benzene rings is 2. The Kier molecular flexibility index (Phi) is 7.03. The number of hydrogen-bond donors (Lipinski definition) is 1. The van der Waals surface area contributed by atoms with Crippen LogP contribution >= 0.6 is 34.5 Å². The van der Waals surface area contributed by atoms with Gasteiger partial charge in [-0.05, 0) is 54.6 Å². The Balaban J connectivity index is 1.42. The molecule has 168 valence electrons. The topological polar surface area (TPSA) is 73.6 Å². The fourth-order valence-electron chi connectivity index (χ4n) is 3.06. The molecule has 6 nitrogen and oxygen atoms in total. The Morgan fingerprint density at radius 1 is 1.00 bits per heavy atom. The molecule has 1 amide bonds. The summed E-state index contributed by atoms with van der Waals surface area (Å²) in [5, 5.41) is 6.12. The molecule has 0 unspecified atom stereocenters. The molecule has 4 rings (SSSR count). The van der Waals surface area contributed by atoms with Gasteiger partial charge in [0.1, 0.15) is 11.5 Å². The lowest BCUT2D eigenvalue weighted by Crippen LogP contribution is -2.07. The van der Waals surface area contributed by atoms with Crippen LogP contribution in [0.5, 0.6) is 11.5 Å². The monoisotopic (exact) mass is 500 g/mol. The maximum Gasteiger partial charge on any atom is 0.250 e. The van der Waals surface area contributed by atoms with E-state index in [1.807, 2.05) is 23.6 Å². The molecule has 0 aliphatic rings. The molecule has 9 heteroatoms. The zero-order valence-electron chi connectivity index (χ0n) is 17.6. The van der Waals surface area contributed by atoms with E-state index >= 15 is 0 Å². The molecule has 0 radical (unpaired) electrons. The lowest BCUT2D eigenvalue weighted by molar-refractivity contribution is -0.111. The number of aromatic nitrogens is 1. The van der Waals surface area contributed by atoms with Crippen LogP contribution in [0, 0.1) is 0 Å². The molecule has 0 spiro atoms. The van der Waals surface area contributed by atoms with Crippen LogP contribution in [0.25, 0.3) is 28.7 Å². The summed E-state index contributed by atoms with van der Waals surface area (Å²) in [4.78, 5) is 16.8. The fraction of sp³-hybridized carbons (Fsp3) is 0.0833. The predicted molar refractivity (Wildman–Crippen MR) is 132 cm³/mol. The van der Waals surface area contributed by atoms with Crippen LogP contribution in [0.1, 0.15) is 5.76 Å². The van der Waals surface area contributed by atoms with Gasteiger partial charge >= 0.3 is 0 Å². The van der Waals surface area contributed by atoms with Crippen molar-refractivity contribution in [3.8, 4) is 34.1 Å². The molecule has 2 aromatic heterocycles. The number of thiazole rings is 1. The number of nitrogens with zero attached hydrogens (tertiary/aromatic N) is 1. The largest absolute Gasteiger partial charge is 0.493 e. The number of ether oxygens (including phenoxy) is 2. The minimum absolute atomic E-state index is 0.327. The van der Waals surface area contributed by atoms with Crippen LogP contribution in [0.4, 0.5) is 5.13 Å². The molecule has 0 saturated carbocycles. The first kappa shape index (κ1) is 22.9. The van der Waals surface area contributed by atoms with E-state index in [9.17, 15) is 4.79 Å². The summed E-state index contributed by atoms with van der Waals surface area (Å²) in [6.07, 6.45) is 2.96. The van der Waals surface area contributed by atoms with Crippen molar-refractivity contribution in [2.75, 3.05) is 19.5 Å². The second-order valence-electron chi connectivity index (χ2n) is 6.79. The van der Waals surface area contributed by atoms with Crippen LogP contribution < -0.4 is 14.8 Å². The zero-order chi connectivity index (χ0) is 23.4. The first-order valence-corrected chi connectivity index (χ1v) is 11.3. The second kappa shape index (κ2) is 10.1. The van der Waals surface area contributed by atoms with Gasteiger partial charge in [-0.2, -0.15) is 0 Å². The average Bonchev–Trinajstić information content (AvgIpc) is 3.46. The molecule has 0 saturated heterocycles. The first-order valence-electron chi connectivity index (χ1n) is 9.68. The minimum Gasteiger partial charge on any atom is -0.493 e. The number of carbonyl (C=O) groups excluding carboxylic acids is 1. The number of methoxy groups -OCH3 is 2. The highest BCUT2D eigenvalue weighted by Gasteiger charge is 2.11. The summed E-state index contributed by atoms with van der Waals surface area (Å²) in [5.41, 5.74) is 2.32. The first-order chi connectivity index (χ1) is 15.9. The van der Waals surface area contributed by atoms with Crippen LogP contribution in [-0.4, -0.2) is 25.1 Å². The van der Waals surface area contributed by atoms with Gasteiger partial charge in [-0.1, -0.05) is 23.2 Å². The van der Waals surface area contributed by atoms with E-state index in [0.717, 1.165) is 16.8 Å². The Hall–Kier alpha value is -3.26. The second-order valence-corrected chi connectivity index (χ2v) is 8.52. The molecular weight excluding hydrogens is 483 g/mol. The third kappa shape index (κ3) is 5.57. The normalized spacial score (nSPS) is 11.0. The highest BCUT2D eigenvalue weighted by molar-refractivity contribution is 7.14. The van der Waals surface area contributed by atoms with Gasteiger partial charge in [0.05, 0.1) is 19.9 Å². The van der Waals surface area contributed by atoms with Gasteiger partial charge in [-0.25, -0.2) is 4.98 Å². The third-order valence-electron chi connectivity index (χ3n) is 4.59. The minimum atomic E-state index is -0.327. The van der Waals surface area contributed by atoms with Gasteiger partial charge in [0.2, 0.25) is 5.91 Å². The molecule has 0 atom stereocenters. The Labute approximate surface area is 204 Å². The van der Waals surface area contributed by atoms with Crippen molar-refractivity contribution in [3.63, 3.8) is 0 Å². The molecule has 0 aliphatic carbocycles. The smallest absolute Gasteiger partial charge is 0.250 e. The van der Waals surface area contributed by atoms with Crippen molar-refractivity contribution >= 4 is 51.7 Å². The van der Waals surface area contributed by atoms with Gasteiger partial charge in [0.25, 0.3) is 0 Å². The highest BCUT2D eigenvalue weighted by Crippen LogP contribution is 2.33.